The van der Waals surface area contributed by atoms with Gasteiger partial charge in [0.25, 0.3) is 0 Å². The first kappa shape index (κ1) is 16.9. The molecule has 0 aromatic carbocycles. The highest BCUT2D eigenvalue weighted by Crippen LogP contribution is 2.19. The van der Waals surface area contributed by atoms with Gasteiger partial charge in [0.05, 0.1) is 17.3 Å². The standard InChI is InChI=1S/C16H29N3OS/c1-3-4-16-18-15(13-21-16)12-19-8-5-14(6-9-19)11-17-7-10-20-2/h13-14,17H,3-12H2,1-2H3. The monoisotopic (exact) mass is 311 g/mol. The highest BCUT2D eigenvalue weighted by Gasteiger charge is 2.19. The molecule has 1 aromatic rings. The number of hydrogen-bond acceptors (Lipinski definition) is 5. The molecule has 0 saturated carbocycles. The zero-order chi connectivity index (χ0) is 14.9. The number of aromatic nitrogens is 1. The molecule has 0 aliphatic carbocycles. The van der Waals surface area contributed by atoms with Crippen molar-refractivity contribution in [1.82, 2.24) is 15.2 Å². The van der Waals surface area contributed by atoms with Crippen LogP contribution < -0.4 is 5.32 Å². The smallest absolute Gasteiger partial charge is 0.0928 e. The molecule has 0 unspecified atom stereocenters. The Balaban J connectivity index is 1.64. The summed E-state index contributed by atoms with van der Waals surface area (Å²) in [6, 6.07) is 0. The van der Waals surface area contributed by atoms with E-state index in [9.17, 15) is 0 Å². The third-order valence-corrected chi connectivity index (χ3v) is 5.03. The van der Waals surface area contributed by atoms with Crippen LogP contribution in [0.1, 0.15) is 36.9 Å². The lowest BCUT2D eigenvalue weighted by Gasteiger charge is -2.31. The van der Waals surface area contributed by atoms with Crippen LogP contribution in [-0.2, 0) is 17.7 Å². The third kappa shape index (κ3) is 6.02. The Bertz CT molecular complexity index is 389. The van der Waals surface area contributed by atoms with Gasteiger partial charge in [-0.25, -0.2) is 4.98 Å². The van der Waals surface area contributed by atoms with E-state index >= 15 is 0 Å². The molecule has 1 fully saturated rings. The molecule has 1 aliphatic rings. The van der Waals surface area contributed by atoms with Crippen LogP contribution in [0.25, 0.3) is 0 Å². The minimum Gasteiger partial charge on any atom is -0.383 e. The lowest BCUT2D eigenvalue weighted by atomic mass is 9.97. The Morgan fingerprint density at radius 3 is 2.95 bits per heavy atom. The Hall–Kier alpha value is -0.490. The van der Waals surface area contributed by atoms with Gasteiger partial charge < -0.3 is 10.1 Å². The molecule has 21 heavy (non-hydrogen) atoms. The molecule has 5 heteroatoms. The van der Waals surface area contributed by atoms with Crippen LogP contribution >= 0.6 is 11.3 Å². The maximum Gasteiger partial charge on any atom is 0.0928 e. The van der Waals surface area contributed by atoms with E-state index in [1.165, 1.54) is 43.1 Å². The second-order valence-electron chi connectivity index (χ2n) is 5.90. The topological polar surface area (TPSA) is 37.4 Å². The maximum absolute atomic E-state index is 5.06. The highest BCUT2D eigenvalue weighted by molar-refractivity contribution is 7.09. The quantitative estimate of drug-likeness (QED) is 0.711. The Morgan fingerprint density at radius 1 is 1.43 bits per heavy atom. The molecule has 2 rings (SSSR count). The minimum absolute atomic E-state index is 0.808. The first-order chi connectivity index (χ1) is 10.3. The molecule has 0 amide bonds. The predicted octanol–water partition coefficient (Wildman–Crippen LogP) is 2.54. The number of aryl methyl sites for hydroxylation is 1. The summed E-state index contributed by atoms with van der Waals surface area (Å²) < 4.78 is 5.06. The molecule has 1 saturated heterocycles. The minimum atomic E-state index is 0.808. The number of thiazole rings is 1. The summed E-state index contributed by atoms with van der Waals surface area (Å²) in [6.07, 6.45) is 4.91. The van der Waals surface area contributed by atoms with Crippen molar-refractivity contribution in [3.8, 4) is 0 Å². The lowest BCUT2D eigenvalue weighted by Crippen LogP contribution is -2.37. The number of nitrogens with one attached hydrogen (secondary N) is 1. The van der Waals surface area contributed by atoms with Crippen molar-refractivity contribution >= 4 is 11.3 Å². The van der Waals surface area contributed by atoms with Crippen LogP contribution in [0.15, 0.2) is 5.38 Å². The maximum atomic E-state index is 5.06. The predicted molar refractivity (Wildman–Crippen MR) is 88.9 cm³/mol. The number of nitrogens with zero attached hydrogens (tertiary/aromatic N) is 2. The molecule has 0 bridgehead atoms. The summed E-state index contributed by atoms with van der Waals surface area (Å²) in [4.78, 5) is 7.29. The van der Waals surface area contributed by atoms with Crippen LogP contribution in [-0.4, -0.2) is 49.8 Å². The third-order valence-electron chi connectivity index (χ3n) is 4.07. The van der Waals surface area contributed by atoms with Gasteiger partial charge >= 0.3 is 0 Å². The van der Waals surface area contributed by atoms with Crippen molar-refractivity contribution in [2.75, 3.05) is 39.9 Å². The number of ether oxygens (including phenoxy) is 1. The number of likely N-dealkylation sites (tertiary alicyclic amines) is 1. The zero-order valence-corrected chi connectivity index (χ0v) is 14.3. The summed E-state index contributed by atoms with van der Waals surface area (Å²) in [5, 5.41) is 7.02. The number of piperidine rings is 1. The summed E-state index contributed by atoms with van der Waals surface area (Å²) in [7, 11) is 1.75. The number of hydrogen-bond donors (Lipinski definition) is 1. The first-order valence-electron chi connectivity index (χ1n) is 8.17. The van der Waals surface area contributed by atoms with Gasteiger partial charge in [-0.05, 0) is 51.2 Å². The molecule has 120 valence electrons. The normalized spacial score (nSPS) is 17.4. The van der Waals surface area contributed by atoms with E-state index in [4.69, 9.17) is 9.72 Å². The van der Waals surface area contributed by atoms with Crippen LogP contribution in [0.2, 0.25) is 0 Å². The molecule has 0 spiro atoms. The van der Waals surface area contributed by atoms with Gasteiger partial charge in [0.1, 0.15) is 0 Å². The van der Waals surface area contributed by atoms with Crippen molar-refractivity contribution in [3.63, 3.8) is 0 Å². The number of methoxy groups -OCH3 is 1. The van der Waals surface area contributed by atoms with E-state index in [-0.39, 0.29) is 0 Å². The molecule has 1 aromatic heterocycles. The van der Waals surface area contributed by atoms with Crippen molar-refractivity contribution < 1.29 is 4.74 Å². The van der Waals surface area contributed by atoms with Gasteiger partial charge in [0, 0.05) is 25.6 Å². The molecule has 0 radical (unpaired) electrons. The zero-order valence-electron chi connectivity index (χ0n) is 13.4. The molecule has 1 N–H and O–H groups in total. The van der Waals surface area contributed by atoms with Gasteiger partial charge in [-0.1, -0.05) is 6.92 Å². The molecule has 2 heterocycles. The van der Waals surface area contributed by atoms with Gasteiger partial charge in [0.15, 0.2) is 0 Å². The fraction of sp³-hybridized carbons (Fsp3) is 0.812. The van der Waals surface area contributed by atoms with Gasteiger partial charge in [0.2, 0.25) is 0 Å². The fourth-order valence-corrected chi connectivity index (χ4v) is 3.70. The van der Waals surface area contributed by atoms with Gasteiger partial charge in [-0.15, -0.1) is 11.3 Å². The summed E-state index contributed by atoms with van der Waals surface area (Å²) in [6.45, 7) is 8.57. The molecule has 1 aliphatic heterocycles. The average molecular weight is 311 g/mol. The van der Waals surface area contributed by atoms with E-state index < -0.39 is 0 Å². The van der Waals surface area contributed by atoms with E-state index in [1.807, 2.05) is 11.3 Å². The lowest BCUT2D eigenvalue weighted by molar-refractivity contribution is 0.167. The summed E-state index contributed by atoms with van der Waals surface area (Å²) >= 11 is 1.82. The Morgan fingerprint density at radius 2 is 2.24 bits per heavy atom. The molecule has 0 atom stereocenters. The molecular formula is C16H29N3OS. The second kappa shape index (κ2) is 9.51. The molecular weight excluding hydrogens is 282 g/mol. The van der Waals surface area contributed by atoms with E-state index in [0.717, 1.165) is 38.6 Å². The van der Waals surface area contributed by atoms with Crippen molar-refractivity contribution in [2.24, 2.45) is 5.92 Å². The Kier molecular flexibility index (Phi) is 7.64. The molecule has 4 nitrogen and oxygen atoms in total. The van der Waals surface area contributed by atoms with Crippen LogP contribution in [0.4, 0.5) is 0 Å². The average Bonchev–Trinajstić information content (AvgIpc) is 2.93. The van der Waals surface area contributed by atoms with E-state index in [2.05, 4.69) is 22.5 Å². The second-order valence-corrected chi connectivity index (χ2v) is 6.84. The number of rotatable bonds is 9. The summed E-state index contributed by atoms with van der Waals surface area (Å²) in [5.41, 5.74) is 1.26. The van der Waals surface area contributed by atoms with Crippen LogP contribution in [0, 0.1) is 5.92 Å². The van der Waals surface area contributed by atoms with Crippen molar-refractivity contribution in [3.05, 3.63) is 16.1 Å². The van der Waals surface area contributed by atoms with Crippen molar-refractivity contribution in [1.29, 1.82) is 0 Å². The largest absolute Gasteiger partial charge is 0.383 e. The Labute approximate surface area is 132 Å². The van der Waals surface area contributed by atoms with Crippen LogP contribution in [0.5, 0.6) is 0 Å². The van der Waals surface area contributed by atoms with E-state index in [0.29, 0.717) is 0 Å². The SMILES string of the molecule is CCCc1nc(CN2CCC(CNCCOC)CC2)cs1. The van der Waals surface area contributed by atoms with Gasteiger partial charge in [-0.3, -0.25) is 4.90 Å². The van der Waals surface area contributed by atoms with Crippen molar-refractivity contribution in [2.45, 2.75) is 39.2 Å². The van der Waals surface area contributed by atoms with E-state index in [1.54, 1.807) is 7.11 Å². The highest BCUT2D eigenvalue weighted by atomic mass is 32.1. The van der Waals surface area contributed by atoms with Gasteiger partial charge in [-0.2, -0.15) is 0 Å². The fourth-order valence-electron chi connectivity index (χ4n) is 2.81. The first-order valence-corrected chi connectivity index (χ1v) is 9.05. The summed E-state index contributed by atoms with van der Waals surface area (Å²) in [5.74, 6) is 0.823. The van der Waals surface area contributed by atoms with Crippen LogP contribution in [0.3, 0.4) is 0 Å².